The van der Waals surface area contributed by atoms with E-state index >= 15 is 0 Å². The van der Waals surface area contributed by atoms with Gasteiger partial charge in [-0.1, -0.05) is 31.2 Å². The third-order valence-corrected chi connectivity index (χ3v) is 2.75. The number of nitrogens with one attached hydrogen (secondary N) is 1. The fourth-order valence-electron chi connectivity index (χ4n) is 1.79. The van der Waals surface area contributed by atoms with Gasteiger partial charge >= 0.3 is 0 Å². The molecule has 0 aliphatic heterocycles. The first-order chi connectivity index (χ1) is 8.83. The number of pyridine rings is 1. The number of rotatable bonds is 5. The predicted molar refractivity (Wildman–Crippen MR) is 72.9 cm³/mol. The summed E-state index contributed by atoms with van der Waals surface area (Å²) in [5.74, 6) is 1.52. The molecule has 0 unspecified atom stereocenters. The van der Waals surface area contributed by atoms with Crippen molar-refractivity contribution in [3.05, 3.63) is 53.7 Å². The van der Waals surface area contributed by atoms with Gasteiger partial charge in [-0.15, -0.1) is 0 Å². The van der Waals surface area contributed by atoms with E-state index in [9.17, 15) is 0 Å². The Morgan fingerprint density at radius 2 is 2.00 bits per heavy atom. The molecule has 0 radical (unpaired) electrons. The van der Waals surface area contributed by atoms with Crippen molar-refractivity contribution in [2.45, 2.75) is 19.9 Å². The molecule has 0 aliphatic carbocycles. The van der Waals surface area contributed by atoms with E-state index in [0.717, 1.165) is 24.3 Å². The first-order valence-corrected chi connectivity index (χ1v) is 6.18. The van der Waals surface area contributed by atoms with Crippen molar-refractivity contribution >= 4 is 0 Å². The molecular weight excluding hydrogens is 224 g/mol. The number of benzene rings is 1. The van der Waals surface area contributed by atoms with E-state index in [1.54, 1.807) is 0 Å². The van der Waals surface area contributed by atoms with Gasteiger partial charge in [-0.2, -0.15) is 0 Å². The van der Waals surface area contributed by atoms with Gasteiger partial charge in [0.15, 0.2) is 0 Å². The van der Waals surface area contributed by atoms with Crippen LogP contribution in [-0.2, 0) is 13.0 Å². The predicted octanol–water partition coefficient (Wildman–Crippen LogP) is 3.16. The normalized spacial score (nSPS) is 10.3. The fourth-order valence-corrected chi connectivity index (χ4v) is 1.79. The van der Waals surface area contributed by atoms with Crippen LogP contribution in [0.2, 0.25) is 0 Å². The number of hydrogen-bond donors (Lipinski definition) is 1. The average Bonchev–Trinajstić information content (AvgIpc) is 2.42. The van der Waals surface area contributed by atoms with E-state index in [0.29, 0.717) is 5.88 Å². The van der Waals surface area contributed by atoms with E-state index in [-0.39, 0.29) is 0 Å². The molecule has 0 bridgehead atoms. The molecule has 2 aromatic rings. The molecule has 18 heavy (non-hydrogen) atoms. The van der Waals surface area contributed by atoms with E-state index in [1.165, 1.54) is 5.56 Å². The summed E-state index contributed by atoms with van der Waals surface area (Å²) in [5, 5.41) is 3.09. The van der Waals surface area contributed by atoms with Crippen molar-refractivity contribution in [2.75, 3.05) is 7.05 Å². The highest BCUT2D eigenvalue weighted by Crippen LogP contribution is 2.24. The Morgan fingerprint density at radius 3 is 2.67 bits per heavy atom. The molecule has 0 spiro atoms. The van der Waals surface area contributed by atoms with Gasteiger partial charge in [0.2, 0.25) is 5.88 Å². The van der Waals surface area contributed by atoms with Gasteiger partial charge in [-0.25, -0.2) is 4.98 Å². The largest absolute Gasteiger partial charge is 0.439 e. The molecule has 0 saturated heterocycles. The molecule has 0 atom stereocenters. The Morgan fingerprint density at radius 1 is 1.17 bits per heavy atom. The van der Waals surface area contributed by atoms with Crippen LogP contribution in [0.3, 0.4) is 0 Å². The summed E-state index contributed by atoms with van der Waals surface area (Å²) in [5.41, 5.74) is 2.34. The topological polar surface area (TPSA) is 34.1 Å². The number of para-hydroxylation sites is 1. The van der Waals surface area contributed by atoms with Crippen molar-refractivity contribution in [1.82, 2.24) is 10.3 Å². The maximum absolute atomic E-state index is 5.80. The molecule has 0 saturated carbocycles. The first-order valence-electron chi connectivity index (χ1n) is 6.18. The van der Waals surface area contributed by atoms with Crippen LogP contribution in [-0.4, -0.2) is 12.0 Å². The Balaban J connectivity index is 2.13. The molecule has 0 fully saturated rings. The second kappa shape index (κ2) is 6.17. The minimum Gasteiger partial charge on any atom is -0.439 e. The lowest BCUT2D eigenvalue weighted by Gasteiger charge is -2.09. The van der Waals surface area contributed by atoms with Crippen molar-refractivity contribution in [1.29, 1.82) is 0 Å². The summed E-state index contributed by atoms with van der Waals surface area (Å²) in [7, 11) is 1.92. The van der Waals surface area contributed by atoms with Gasteiger partial charge in [0.25, 0.3) is 0 Å². The highest BCUT2D eigenvalue weighted by molar-refractivity contribution is 5.36. The zero-order valence-corrected chi connectivity index (χ0v) is 10.8. The molecule has 1 N–H and O–H groups in total. The number of nitrogens with zero attached hydrogens (tertiary/aromatic N) is 1. The summed E-state index contributed by atoms with van der Waals surface area (Å²) < 4.78 is 5.80. The smallest absolute Gasteiger partial charge is 0.219 e. The maximum atomic E-state index is 5.80. The molecule has 0 amide bonds. The van der Waals surface area contributed by atoms with Gasteiger partial charge in [0, 0.05) is 18.8 Å². The second-order valence-corrected chi connectivity index (χ2v) is 4.10. The van der Waals surface area contributed by atoms with Crippen LogP contribution in [0, 0.1) is 0 Å². The molecule has 2 rings (SSSR count). The van der Waals surface area contributed by atoms with Crippen LogP contribution in [0.15, 0.2) is 42.6 Å². The quantitative estimate of drug-likeness (QED) is 0.874. The molecule has 0 aliphatic rings. The minimum atomic E-state index is 0.635. The molecular formula is C15H18N2O. The Hall–Kier alpha value is -1.87. The summed E-state index contributed by atoms with van der Waals surface area (Å²) in [6.07, 6.45) is 2.79. The Kier molecular flexibility index (Phi) is 4.31. The lowest BCUT2D eigenvalue weighted by atomic mass is 10.1. The maximum Gasteiger partial charge on any atom is 0.219 e. The van der Waals surface area contributed by atoms with Crippen LogP contribution in [0.25, 0.3) is 0 Å². The molecule has 1 aromatic carbocycles. The van der Waals surface area contributed by atoms with Crippen LogP contribution in [0.1, 0.15) is 18.1 Å². The summed E-state index contributed by atoms with van der Waals surface area (Å²) in [6, 6.07) is 12.0. The van der Waals surface area contributed by atoms with Crippen molar-refractivity contribution < 1.29 is 4.74 Å². The lowest BCUT2D eigenvalue weighted by molar-refractivity contribution is 0.457. The number of ether oxygens (including phenoxy) is 1. The number of hydrogen-bond acceptors (Lipinski definition) is 3. The van der Waals surface area contributed by atoms with Crippen LogP contribution in [0.5, 0.6) is 11.6 Å². The van der Waals surface area contributed by atoms with Crippen LogP contribution in [0.4, 0.5) is 0 Å². The fraction of sp³-hybridized carbons (Fsp3) is 0.267. The number of aryl methyl sites for hydroxylation is 1. The van der Waals surface area contributed by atoms with Gasteiger partial charge in [0.1, 0.15) is 5.75 Å². The third kappa shape index (κ3) is 3.08. The Labute approximate surface area is 108 Å². The van der Waals surface area contributed by atoms with E-state index in [4.69, 9.17) is 4.74 Å². The monoisotopic (exact) mass is 242 g/mol. The standard InChI is InChI=1S/C15H18N2O/c1-3-13-6-4-5-7-14(13)18-15-9-8-12(10-16-2)11-17-15/h4-9,11,16H,3,10H2,1-2H3. The molecule has 1 heterocycles. The van der Waals surface area contributed by atoms with Gasteiger partial charge < -0.3 is 10.1 Å². The van der Waals surface area contributed by atoms with Crippen molar-refractivity contribution in [2.24, 2.45) is 0 Å². The average molecular weight is 242 g/mol. The second-order valence-electron chi connectivity index (χ2n) is 4.10. The van der Waals surface area contributed by atoms with Crippen LogP contribution >= 0.6 is 0 Å². The zero-order valence-electron chi connectivity index (χ0n) is 10.8. The van der Waals surface area contributed by atoms with E-state index in [2.05, 4.69) is 23.3 Å². The zero-order chi connectivity index (χ0) is 12.8. The highest BCUT2D eigenvalue weighted by atomic mass is 16.5. The SMILES string of the molecule is CCc1ccccc1Oc1ccc(CNC)cn1. The van der Waals surface area contributed by atoms with E-state index in [1.807, 2.05) is 43.6 Å². The van der Waals surface area contributed by atoms with Gasteiger partial charge in [-0.3, -0.25) is 0 Å². The molecule has 3 nitrogen and oxygen atoms in total. The molecule has 94 valence electrons. The Bertz CT molecular complexity index is 494. The van der Waals surface area contributed by atoms with Gasteiger partial charge in [-0.05, 0) is 30.7 Å². The summed E-state index contributed by atoms with van der Waals surface area (Å²) >= 11 is 0. The van der Waals surface area contributed by atoms with Gasteiger partial charge in [0.05, 0.1) is 0 Å². The highest BCUT2D eigenvalue weighted by Gasteiger charge is 2.03. The van der Waals surface area contributed by atoms with Crippen LogP contribution < -0.4 is 10.1 Å². The summed E-state index contributed by atoms with van der Waals surface area (Å²) in [4.78, 5) is 4.31. The summed E-state index contributed by atoms with van der Waals surface area (Å²) in [6.45, 7) is 2.93. The van der Waals surface area contributed by atoms with Crippen molar-refractivity contribution in [3.8, 4) is 11.6 Å². The molecule has 1 aromatic heterocycles. The lowest BCUT2D eigenvalue weighted by Crippen LogP contribution is -2.05. The minimum absolute atomic E-state index is 0.635. The molecule has 3 heteroatoms. The number of aromatic nitrogens is 1. The van der Waals surface area contributed by atoms with E-state index < -0.39 is 0 Å². The first kappa shape index (κ1) is 12.6. The third-order valence-electron chi connectivity index (χ3n) is 2.75. The van der Waals surface area contributed by atoms with Crippen molar-refractivity contribution in [3.63, 3.8) is 0 Å².